The first kappa shape index (κ1) is 17.2. The lowest BCUT2D eigenvalue weighted by Crippen LogP contribution is -2.25. The van der Waals surface area contributed by atoms with Crippen LogP contribution in [0.4, 0.5) is 0 Å². The first-order chi connectivity index (χ1) is 9.25. The van der Waals surface area contributed by atoms with Gasteiger partial charge in [-0.15, -0.1) is 0 Å². The highest BCUT2D eigenvalue weighted by Crippen LogP contribution is 2.30. The molecule has 0 bridgehead atoms. The van der Waals surface area contributed by atoms with Gasteiger partial charge in [-0.05, 0) is 37.6 Å². The molecule has 0 atom stereocenters. The quantitative estimate of drug-likeness (QED) is 0.745. The minimum atomic E-state index is -3.58. The van der Waals surface area contributed by atoms with Crippen LogP contribution in [0.15, 0.2) is 17.0 Å². The third-order valence-electron chi connectivity index (χ3n) is 2.66. The van der Waals surface area contributed by atoms with E-state index in [1.807, 2.05) is 0 Å². The predicted molar refractivity (Wildman–Crippen MR) is 78.1 cm³/mol. The number of hydrogen-bond acceptors (Lipinski definition) is 4. The molecule has 0 fully saturated rings. The van der Waals surface area contributed by atoms with Crippen LogP contribution in [0.5, 0.6) is 0 Å². The second-order valence-corrected chi connectivity index (χ2v) is 6.98. The second kappa shape index (κ2) is 7.26. The van der Waals surface area contributed by atoms with Crippen molar-refractivity contribution in [1.29, 1.82) is 0 Å². The van der Waals surface area contributed by atoms with E-state index < -0.39 is 15.8 Å². The first-order valence-corrected chi connectivity index (χ1v) is 8.26. The molecule has 0 amide bonds. The molecule has 0 radical (unpaired) electrons. The summed E-state index contributed by atoms with van der Waals surface area (Å²) < 4.78 is 24.2. The van der Waals surface area contributed by atoms with Crippen molar-refractivity contribution in [1.82, 2.24) is 5.32 Å². The maximum atomic E-state index is 12.1. The van der Waals surface area contributed by atoms with Crippen molar-refractivity contribution in [3.8, 4) is 0 Å². The molecule has 0 heterocycles. The molecule has 0 aliphatic rings. The van der Waals surface area contributed by atoms with Crippen molar-refractivity contribution in [2.45, 2.75) is 24.7 Å². The van der Waals surface area contributed by atoms with Gasteiger partial charge in [0.25, 0.3) is 0 Å². The minimum absolute atomic E-state index is 0.00609. The Hall–Kier alpha value is -0.820. The van der Waals surface area contributed by atoms with Gasteiger partial charge in [0.05, 0.1) is 9.92 Å². The zero-order chi connectivity index (χ0) is 15.3. The molecule has 8 heteroatoms. The van der Waals surface area contributed by atoms with Gasteiger partial charge in [0.1, 0.15) is 5.88 Å². The van der Waals surface area contributed by atoms with E-state index in [4.69, 9.17) is 28.3 Å². The summed E-state index contributed by atoms with van der Waals surface area (Å²) in [4.78, 5) is 10.3. The lowest BCUT2D eigenvalue weighted by Gasteiger charge is -2.10. The largest absolute Gasteiger partial charge is 0.481 e. The summed E-state index contributed by atoms with van der Waals surface area (Å²) in [5.74, 6) is -1.21. The number of carboxylic acids is 1. The van der Waals surface area contributed by atoms with Gasteiger partial charge >= 0.3 is 5.97 Å². The molecule has 0 aliphatic carbocycles. The van der Waals surface area contributed by atoms with E-state index in [-0.39, 0.29) is 22.2 Å². The molecular weight excluding hydrogens is 325 g/mol. The number of carboxylic acid groups (broad SMARTS) is 1. The highest BCUT2D eigenvalue weighted by molar-refractivity contribution is 7.91. The molecular formula is C12H15Cl2NO4S. The fourth-order valence-corrected chi connectivity index (χ4v) is 3.52. The predicted octanol–water partition coefficient (Wildman–Crippen LogP) is 2.49. The number of halogens is 2. The molecule has 0 saturated carbocycles. The molecule has 5 nitrogen and oxygen atoms in total. The normalized spacial score (nSPS) is 11.6. The van der Waals surface area contributed by atoms with Crippen molar-refractivity contribution < 1.29 is 18.3 Å². The Bertz CT molecular complexity index is 602. The zero-order valence-corrected chi connectivity index (χ0v) is 13.1. The number of carbonyl (C=O) groups is 1. The van der Waals surface area contributed by atoms with Crippen LogP contribution < -0.4 is 5.32 Å². The molecule has 0 aliphatic heterocycles. The number of sulfone groups is 1. The van der Waals surface area contributed by atoms with E-state index >= 15 is 0 Å². The summed E-state index contributed by atoms with van der Waals surface area (Å²) in [6, 6.07) is 2.85. The Morgan fingerprint density at radius 1 is 1.35 bits per heavy atom. The maximum absolute atomic E-state index is 12.1. The van der Waals surface area contributed by atoms with Gasteiger partial charge in [0.15, 0.2) is 9.84 Å². The van der Waals surface area contributed by atoms with E-state index in [1.54, 1.807) is 6.92 Å². The third-order valence-corrected chi connectivity index (χ3v) is 5.26. The molecule has 2 N–H and O–H groups in total. The van der Waals surface area contributed by atoms with E-state index in [2.05, 4.69) is 5.32 Å². The Morgan fingerprint density at radius 2 is 2.00 bits per heavy atom. The Morgan fingerprint density at radius 3 is 2.60 bits per heavy atom. The topological polar surface area (TPSA) is 83.5 Å². The van der Waals surface area contributed by atoms with Crippen molar-refractivity contribution in [3.05, 3.63) is 27.7 Å². The van der Waals surface area contributed by atoms with E-state index in [9.17, 15) is 13.2 Å². The van der Waals surface area contributed by atoms with Crippen molar-refractivity contribution in [3.63, 3.8) is 0 Å². The third kappa shape index (κ3) is 4.63. The van der Waals surface area contributed by atoms with Crippen LogP contribution in [0.2, 0.25) is 10.0 Å². The summed E-state index contributed by atoms with van der Waals surface area (Å²) >= 11 is 11.9. The average Bonchev–Trinajstić information content (AvgIpc) is 2.34. The van der Waals surface area contributed by atoms with Crippen LogP contribution in [0.1, 0.15) is 18.4 Å². The number of nitrogens with one attached hydrogen (secondary N) is 1. The van der Waals surface area contributed by atoms with Crippen LogP contribution in [0, 0.1) is 6.92 Å². The SMILES string of the molecule is Cc1c(Cl)ccc(S(=O)(=O)CNCCCC(=O)O)c1Cl. The van der Waals surface area contributed by atoms with Gasteiger partial charge in [0, 0.05) is 11.4 Å². The minimum Gasteiger partial charge on any atom is -0.481 e. The van der Waals surface area contributed by atoms with Gasteiger partial charge in [-0.1, -0.05) is 23.2 Å². The molecule has 112 valence electrons. The van der Waals surface area contributed by atoms with Crippen LogP contribution in [0.25, 0.3) is 0 Å². The maximum Gasteiger partial charge on any atom is 0.303 e. The van der Waals surface area contributed by atoms with E-state index in [0.29, 0.717) is 23.6 Å². The Kier molecular flexibility index (Phi) is 6.26. The van der Waals surface area contributed by atoms with Crippen molar-refractivity contribution in [2.24, 2.45) is 0 Å². The van der Waals surface area contributed by atoms with Crippen molar-refractivity contribution >= 4 is 39.0 Å². The summed E-state index contributed by atoms with van der Waals surface area (Å²) in [7, 11) is -3.58. The molecule has 1 rings (SSSR count). The number of rotatable bonds is 7. The molecule has 0 spiro atoms. The highest BCUT2D eigenvalue weighted by Gasteiger charge is 2.19. The fraction of sp³-hybridized carbons (Fsp3) is 0.417. The average molecular weight is 340 g/mol. The van der Waals surface area contributed by atoms with Crippen LogP contribution in [0.3, 0.4) is 0 Å². The monoisotopic (exact) mass is 339 g/mol. The van der Waals surface area contributed by atoms with Crippen LogP contribution in [-0.4, -0.2) is 31.9 Å². The lowest BCUT2D eigenvalue weighted by atomic mass is 10.2. The van der Waals surface area contributed by atoms with Gasteiger partial charge in [-0.3, -0.25) is 4.79 Å². The van der Waals surface area contributed by atoms with Gasteiger partial charge in [-0.2, -0.15) is 0 Å². The van der Waals surface area contributed by atoms with E-state index in [0.717, 1.165) is 0 Å². The molecule has 0 aromatic heterocycles. The second-order valence-electron chi connectivity index (χ2n) is 4.24. The molecule has 1 aromatic rings. The number of aliphatic carboxylic acids is 1. The molecule has 20 heavy (non-hydrogen) atoms. The van der Waals surface area contributed by atoms with Crippen molar-refractivity contribution in [2.75, 3.05) is 12.4 Å². The van der Waals surface area contributed by atoms with Crippen LogP contribution in [-0.2, 0) is 14.6 Å². The zero-order valence-electron chi connectivity index (χ0n) is 10.8. The number of benzene rings is 1. The van der Waals surface area contributed by atoms with Crippen LogP contribution >= 0.6 is 23.2 Å². The van der Waals surface area contributed by atoms with Gasteiger partial charge < -0.3 is 10.4 Å². The van der Waals surface area contributed by atoms with Gasteiger partial charge in [-0.25, -0.2) is 8.42 Å². The first-order valence-electron chi connectivity index (χ1n) is 5.85. The Labute approximate surface area is 127 Å². The summed E-state index contributed by atoms with van der Waals surface area (Å²) in [6.07, 6.45) is 0.353. The summed E-state index contributed by atoms with van der Waals surface area (Å²) in [5.41, 5.74) is 0.514. The lowest BCUT2D eigenvalue weighted by molar-refractivity contribution is -0.137. The fourth-order valence-electron chi connectivity index (χ4n) is 1.53. The van der Waals surface area contributed by atoms with E-state index in [1.165, 1.54) is 12.1 Å². The molecule has 0 saturated heterocycles. The Balaban J connectivity index is 2.70. The number of hydrogen-bond donors (Lipinski definition) is 2. The highest BCUT2D eigenvalue weighted by atomic mass is 35.5. The summed E-state index contributed by atoms with van der Waals surface area (Å²) in [6.45, 7) is 1.94. The standard InChI is InChI=1S/C12H15Cl2NO4S/c1-8-9(13)4-5-10(12(8)14)20(18,19)7-15-6-2-3-11(16)17/h4-5,15H,2-3,6-7H2,1H3,(H,16,17). The molecule has 0 unspecified atom stereocenters. The molecule has 1 aromatic carbocycles. The van der Waals surface area contributed by atoms with Gasteiger partial charge in [0.2, 0.25) is 0 Å². The smallest absolute Gasteiger partial charge is 0.303 e. The summed E-state index contributed by atoms with van der Waals surface area (Å²) in [5, 5.41) is 11.7.